The fraction of sp³-hybridized carbons (Fsp3) is 0.100. The maximum atomic E-state index is 12.4. The van der Waals surface area contributed by atoms with E-state index in [9.17, 15) is 9.59 Å². The molecule has 3 aromatic rings. The lowest BCUT2D eigenvalue weighted by atomic mass is 10.1. The number of rotatable bonds is 5. The number of nitrogens with one attached hydrogen (secondary N) is 1. The lowest BCUT2D eigenvalue weighted by Gasteiger charge is -2.16. The SMILES string of the molecule is CNC(OC(=O)c1ccccc1)C(=O)Oc1cccc2ccccc12. The van der Waals surface area contributed by atoms with Gasteiger partial charge in [-0.25, -0.2) is 9.59 Å². The van der Waals surface area contributed by atoms with Crippen molar-refractivity contribution in [1.29, 1.82) is 0 Å². The van der Waals surface area contributed by atoms with Crippen LogP contribution in [0.3, 0.4) is 0 Å². The Morgan fingerprint density at radius 1 is 0.880 bits per heavy atom. The van der Waals surface area contributed by atoms with Crippen LogP contribution in [0.25, 0.3) is 10.8 Å². The second kappa shape index (κ2) is 7.59. The van der Waals surface area contributed by atoms with Crippen molar-refractivity contribution in [3.63, 3.8) is 0 Å². The smallest absolute Gasteiger partial charge is 0.368 e. The van der Waals surface area contributed by atoms with Gasteiger partial charge in [0.1, 0.15) is 5.75 Å². The first-order chi connectivity index (χ1) is 12.2. The van der Waals surface area contributed by atoms with Crippen molar-refractivity contribution in [2.45, 2.75) is 6.23 Å². The molecule has 0 aliphatic carbocycles. The van der Waals surface area contributed by atoms with E-state index < -0.39 is 18.2 Å². The van der Waals surface area contributed by atoms with Gasteiger partial charge in [0.25, 0.3) is 6.23 Å². The molecule has 0 fully saturated rings. The van der Waals surface area contributed by atoms with Gasteiger partial charge in [0.15, 0.2) is 0 Å². The molecule has 1 N–H and O–H groups in total. The van der Waals surface area contributed by atoms with Crippen LogP contribution in [0, 0.1) is 0 Å². The van der Waals surface area contributed by atoms with Crippen LogP contribution >= 0.6 is 0 Å². The summed E-state index contributed by atoms with van der Waals surface area (Å²) in [6.45, 7) is 0. The highest BCUT2D eigenvalue weighted by Gasteiger charge is 2.24. The summed E-state index contributed by atoms with van der Waals surface area (Å²) >= 11 is 0. The van der Waals surface area contributed by atoms with E-state index in [-0.39, 0.29) is 0 Å². The Morgan fingerprint density at radius 2 is 1.56 bits per heavy atom. The fourth-order valence-electron chi connectivity index (χ4n) is 2.42. The molecule has 126 valence electrons. The molecule has 0 aliphatic rings. The number of esters is 2. The summed E-state index contributed by atoms with van der Waals surface area (Å²) in [5.74, 6) is -0.878. The van der Waals surface area contributed by atoms with Gasteiger partial charge in [-0.2, -0.15) is 0 Å². The van der Waals surface area contributed by atoms with Crippen LogP contribution in [-0.4, -0.2) is 25.2 Å². The first-order valence-electron chi connectivity index (χ1n) is 7.82. The Morgan fingerprint density at radius 3 is 2.32 bits per heavy atom. The number of benzene rings is 3. The number of hydrogen-bond donors (Lipinski definition) is 1. The van der Waals surface area contributed by atoms with Gasteiger partial charge in [-0.15, -0.1) is 0 Å². The molecule has 0 saturated carbocycles. The normalized spacial score (nSPS) is 11.7. The van der Waals surface area contributed by atoms with Gasteiger partial charge in [-0.1, -0.05) is 54.6 Å². The molecule has 5 heteroatoms. The summed E-state index contributed by atoms with van der Waals surface area (Å²) in [4.78, 5) is 24.5. The highest BCUT2D eigenvalue weighted by atomic mass is 16.6. The van der Waals surface area contributed by atoms with Crippen molar-refractivity contribution in [1.82, 2.24) is 5.32 Å². The molecule has 0 bridgehead atoms. The van der Waals surface area contributed by atoms with Gasteiger partial charge in [0.2, 0.25) is 0 Å². The van der Waals surface area contributed by atoms with Gasteiger partial charge < -0.3 is 9.47 Å². The maximum Gasteiger partial charge on any atom is 0.368 e. The van der Waals surface area contributed by atoms with E-state index >= 15 is 0 Å². The molecular formula is C20H17NO4. The topological polar surface area (TPSA) is 64.6 Å². The lowest BCUT2D eigenvalue weighted by molar-refractivity contribution is -0.145. The zero-order valence-corrected chi connectivity index (χ0v) is 13.6. The number of carbonyl (C=O) groups excluding carboxylic acids is 2. The van der Waals surface area contributed by atoms with E-state index in [2.05, 4.69) is 5.32 Å². The molecule has 0 heterocycles. The third-order valence-electron chi connectivity index (χ3n) is 3.67. The minimum absolute atomic E-state index is 0.362. The Hall–Kier alpha value is -3.18. The minimum Gasteiger partial charge on any atom is -0.431 e. The molecule has 0 spiro atoms. The van der Waals surface area contributed by atoms with Crippen molar-refractivity contribution >= 4 is 22.7 Å². The molecule has 0 saturated heterocycles. The van der Waals surface area contributed by atoms with E-state index in [4.69, 9.17) is 9.47 Å². The largest absolute Gasteiger partial charge is 0.431 e. The molecule has 3 rings (SSSR count). The van der Waals surface area contributed by atoms with E-state index in [0.29, 0.717) is 11.3 Å². The van der Waals surface area contributed by atoms with Crippen LogP contribution in [-0.2, 0) is 9.53 Å². The third kappa shape index (κ3) is 3.84. The highest BCUT2D eigenvalue weighted by Crippen LogP contribution is 2.25. The van der Waals surface area contributed by atoms with Gasteiger partial charge in [-0.05, 0) is 30.6 Å². The Bertz CT molecular complexity index is 887. The van der Waals surface area contributed by atoms with Crippen molar-refractivity contribution in [2.75, 3.05) is 7.05 Å². The minimum atomic E-state index is -1.20. The molecule has 0 aliphatic heterocycles. The molecule has 1 atom stereocenters. The average Bonchev–Trinajstić information content (AvgIpc) is 2.66. The Balaban J connectivity index is 1.75. The molecule has 0 amide bonds. The van der Waals surface area contributed by atoms with Gasteiger partial charge in [0.05, 0.1) is 5.56 Å². The van der Waals surface area contributed by atoms with Crippen LogP contribution in [0.2, 0.25) is 0 Å². The summed E-state index contributed by atoms with van der Waals surface area (Å²) < 4.78 is 10.6. The van der Waals surface area contributed by atoms with E-state index in [0.717, 1.165) is 10.8 Å². The number of fused-ring (bicyclic) bond motifs is 1. The van der Waals surface area contributed by atoms with Crippen molar-refractivity contribution in [3.8, 4) is 5.75 Å². The summed E-state index contributed by atoms with van der Waals surface area (Å²) in [5.41, 5.74) is 0.362. The molecule has 1 unspecified atom stereocenters. The van der Waals surface area contributed by atoms with Crippen molar-refractivity contribution < 1.29 is 19.1 Å². The zero-order valence-electron chi connectivity index (χ0n) is 13.6. The van der Waals surface area contributed by atoms with Gasteiger partial charge in [-0.3, -0.25) is 5.32 Å². The molecular weight excluding hydrogens is 318 g/mol. The summed E-state index contributed by atoms with van der Waals surface area (Å²) in [5, 5.41) is 4.41. The summed E-state index contributed by atoms with van der Waals surface area (Å²) in [6, 6.07) is 21.5. The number of likely N-dealkylation sites (N-methyl/N-ethyl adjacent to an activating group) is 1. The van der Waals surface area contributed by atoms with Crippen molar-refractivity contribution in [2.24, 2.45) is 0 Å². The Kier molecular flexibility index (Phi) is 5.06. The zero-order chi connectivity index (χ0) is 17.6. The monoisotopic (exact) mass is 335 g/mol. The molecule has 25 heavy (non-hydrogen) atoms. The average molecular weight is 335 g/mol. The van der Waals surface area contributed by atoms with Crippen LogP contribution in [0.15, 0.2) is 72.8 Å². The number of carbonyl (C=O) groups is 2. The van der Waals surface area contributed by atoms with E-state index in [1.165, 1.54) is 7.05 Å². The molecule has 3 aromatic carbocycles. The number of hydrogen-bond acceptors (Lipinski definition) is 5. The Labute approximate surface area is 145 Å². The summed E-state index contributed by atoms with van der Waals surface area (Å²) in [6.07, 6.45) is -1.20. The standard InChI is InChI=1S/C20H17NO4/c1-21-18(25-19(22)15-9-3-2-4-10-15)20(23)24-17-13-7-11-14-8-5-6-12-16(14)17/h2-13,18,21H,1H3. The quantitative estimate of drug-likeness (QED) is 0.441. The van der Waals surface area contributed by atoms with Gasteiger partial charge >= 0.3 is 11.9 Å². The molecule has 0 radical (unpaired) electrons. The first kappa shape index (κ1) is 16.7. The van der Waals surface area contributed by atoms with E-state index in [1.807, 2.05) is 30.3 Å². The summed E-state index contributed by atoms with van der Waals surface area (Å²) in [7, 11) is 1.52. The van der Waals surface area contributed by atoms with E-state index in [1.54, 1.807) is 42.5 Å². The second-order valence-corrected chi connectivity index (χ2v) is 5.34. The predicted octanol–water partition coefficient (Wildman–Crippen LogP) is 3.15. The molecule has 0 aromatic heterocycles. The van der Waals surface area contributed by atoms with Crippen LogP contribution in [0.5, 0.6) is 5.75 Å². The number of ether oxygens (including phenoxy) is 2. The van der Waals surface area contributed by atoms with Crippen LogP contribution < -0.4 is 10.1 Å². The first-order valence-corrected chi connectivity index (χ1v) is 7.82. The maximum absolute atomic E-state index is 12.4. The highest BCUT2D eigenvalue weighted by molar-refractivity contribution is 5.93. The molecule has 5 nitrogen and oxygen atoms in total. The van der Waals surface area contributed by atoms with Crippen molar-refractivity contribution in [3.05, 3.63) is 78.4 Å². The lowest BCUT2D eigenvalue weighted by Crippen LogP contribution is -2.41. The van der Waals surface area contributed by atoms with Crippen LogP contribution in [0.1, 0.15) is 10.4 Å². The third-order valence-corrected chi connectivity index (χ3v) is 3.67. The second-order valence-electron chi connectivity index (χ2n) is 5.34. The predicted molar refractivity (Wildman–Crippen MR) is 94.3 cm³/mol. The van der Waals surface area contributed by atoms with Gasteiger partial charge in [0, 0.05) is 5.39 Å². The van der Waals surface area contributed by atoms with Crippen LogP contribution in [0.4, 0.5) is 0 Å². The fourth-order valence-corrected chi connectivity index (χ4v) is 2.42.